The minimum atomic E-state index is -0.356. The Morgan fingerprint density at radius 2 is 2.10 bits per heavy atom. The molecule has 1 aliphatic carbocycles. The molecule has 0 bridgehead atoms. The monoisotopic (exact) mass is 287 g/mol. The largest absolute Gasteiger partial charge is 0.392 e. The fraction of sp³-hybridized carbons (Fsp3) is 0.429. The highest BCUT2D eigenvalue weighted by atomic mass is 16.3. The predicted octanol–water partition coefficient (Wildman–Crippen LogP) is 0.551. The number of hydrogen-bond donors (Lipinski definition) is 2. The van der Waals surface area contributed by atoms with Crippen LogP contribution in [0.1, 0.15) is 30.6 Å². The number of aromatic nitrogens is 4. The Kier molecular flexibility index (Phi) is 3.21. The maximum Gasteiger partial charge on any atom is 0.251 e. The van der Waals surface area contributed by atoms with E-state index in [1.165, 1.54) is 11.0 Å². The molecule has 0 spiro atoms. The third kappa shape index (κ3) is 2.40. The number of nitrogens with one attached hydrogen (secondary N) is 1. The van der Waals surface area contributed by atoms with Crippen LogP contribution in [0.3, 0.4) is 0 Å². The number of amides is 1. The van der Waals surface area contributed by atoms with E-state index in [4.69, 9.17) is 0 Å². The molecule has 1 amide bonds. The van der Waals surface area contributed by atoms with Gasteiger partial charge in [-0.25, -0.2) is 4.68 Å². The van der Waals surface area contributed by atoms with Gasteiger partial charge in [0, 0.05) is 17.0 Å². The summed E-state index contributed by atoms with van der Waals surface area (Å²) in [6.07, 6.45) is 1.74. The van der Waals surface area contributed by atoms with Crippen LogP contribution in [-0.4, -0.2) is 43.4 Å². The fourth-order valence-corrected chi connectivity index (χ4v) is 2.43. The van der Waals surface area contributed by atoms with E-state index >= 15 is 0 Å². The predicted molar refractivity (Wildman–Crippen MR) is 74.8 cm³/mol. The summed E-state index contributed by atoms with van der Waals surface area (Å²) in [5, 5.41) is 23.6. The highest BCUT2D eigenvalue weighted by Gasteiger charge is 2.47. The number of carbonyl (C=O) groups is 1. The van der Waals surface area contributed by atoms with E-state index in [1.54, 1.807) is 24.3 Å². The number of hydrogen-bond acceptors (Lipinski definition) is 5. The fourth-order valence-electron chi connectivity index (χ4n) is 2.43. The van der Waals surface area contributed by atoms with Crippen LogP contribution in [0, 0.1) is 5.41 Å². The summed E-state index contributed by atoms with van der Waals surface area (Å²) in [6.45, 7) is 3.90. The van der Waals surface area contributed by atoms with Crippen LogP contribution in [0.4, 0.5) is 0 Å². The lowest BCUT2D eigenvalue weighted by molar-refractivity contribution is -0.0689. The topological polar surface area (TPSA) is 92.9 Å². The maximum absolute atomic E-state index is 12.2. The SMILES string of the molecule is CC1(C)C(O)CC1NC(=O)c1ccc(-n2cnnn2)cc1. The zero-order valence-electron chi connectivity index (χ0n) is 11.9. The van der Waals surface area contributed by atoms with Crippen molar-refractivity contribution >= 4 is 5.91 Å². The van der Waals surface area contributed by atoms with E-state index in [0.29, 0.717) is 12.0 Å². The zero-order chi connectivity index (χ0) is 15.0. The average Bonchev–Trinajstić information content (AvgIpc) is 3.01. The van der Waals surface area contributed by atoms with Crippen molar-refractivity contribution in [2.75, 3.05) is 0 Å². The van der Waals surface area contributed by atoms with E-state index in [1.807, 2.05) is 13.8 Å². The van der Waals surface area contributed by atoms with Gasteiger partial charge in [-0.05, 0) is 41.1 Å². The molecule has 1 heterocycles. The number of nitrogens with zero attached hydrogens (tertiary/aromatic N) is 4. The molecule has 1 aromatic heterocycles. The molecule has 21 heavy (non-hydrogen) atoms. The van der Waals surface area contributed by atoms with Crippen LogP contribution >= 0.6 is 0 Å². The molecular weight excluding hydrogens is 270 g/mol. The van der Waals surface area contributed by atoms with Gasteiger partial charge in [0.05, 0.1) is 11.8 Å². The number of benzene rings is 1. The van der Waals surface area contributed by atoms with Crippen molar-refractivity contribution in [3.8, 4) is 5.69 Å². The van der Waals surface area contributed by atoms with Crippen molar-refractivity contribution in [2.45, 2.75) is 32.4 Å². The van der Waals surface area contributed by atoms with E-state index in [-0.39, 0.29) is 23.5 Å². The van der Waals surface area contributed by atoms with E-state index in [0.717, 1.165) is 5.69 Å². The zero-order valence-corrected chi connectivity index (χ0v) is 11.9. The lowest BCUT2D eigenvalue weighted by Gasteiger charge is -2.49. The molecule has 1 aromatic carbocycles. The highest BCUT2D eigenvalue weighted by Crippen LogP contribution is 2.40. The van der Waals surface area contributed by atoms with E-state index in [2.05, 4.69) is 20.8 Å². The van der Waals surface area contributed by atoms with Gasteiger partial charge in [0.25, 0.3) is 5.91 Å². The van der Waals surface area contributed by atoms with E-state index < -0.39 is 0 Å². The lowest BCUT2D eigenvalue weighted by atomic mass is 9.64. The van der Waals surface area contributed by atoms with Gasteiger partial charge < -0.3 is 10.4 Å². The van der Waals surface area contributed by atoms with Crippen molar-refractivity contribution < 1.29 is 9.90 Å². The summed E-state index contributed by atoms with van der Waals surface area (Å²) >= 11 is 0. The summed E-state index contributed by atoms with van der Waals surface area (Å²) in [4.78, 5) is 12.2. The first kappa shape index (κ1) is 13.7. The van der Waals surface area contributed by atoms with Gasteiger partial charge in [-0.15, -0.1) is 5.10 Å². The molecule has 7 nitrogen and oxygen atoms in total. The molecule has 0 radical (unpaired) electrons. The summed E-state index contributed by atoms with van der Waals surface area (Å²) in [5.74, 6) is -0.136. The van der Waals surface area contributed by atoms with E-state index in [9.17, 15) is 9.90 Å². The first-order valence-corrected chi connectivity index (χ1v) is 6.81. The lowest BCUT2D eigenvalue weighted by Crippen LogP contribution is -2.61. The number of carbonyl (C=O) groups excluding carboxylic acids is 1. The van der Waals surface area contributed by atoms with Crippen molar-refractivity contribution in [3.05, 3.63) is 36.2 Å². The average molecular weight is 287 g/mol. The molecule has 7 heteroatoms. The molecule has 2 atom stereocenters. The van der Waals surface area contributed by atoms with Gasteiger partial charge in [0.1, 0.15) is 6.33 Å². The maximum atomic E-state index is 12.2. The Bertz CT molecular complexity index is 636. The van der Waals surface area contributed by atoms with Gasteiger partial charge in [-0.2, -0.15) is 0 Å². The van der Waals surface area contributed by atoms with Crippen molar-refractivity contribution in [1.82, 2.24) is 25.5 Å². The second kappa shape index (κ2) is 4.92. The molecular formula is C14H17N5O2. The molecule has 3 rings (SSSR count). The first-order valence-electron chi connectivity index (χ1n) is 6.81. The van der Waals surface area contributed by atoms with Gasteiger partial charge in [0.15, 0.2) is 0 Å². The molecule has 1 saturated carbocycles. The van der Waals surface area contributed by atoms with Gasteiger partial charge in [0.2, 0.25) is 0 Å². The third-order valence-corrected chi connectivity index (χ3v) is 4.26. The number of aliphatic hydroxyl groups is 1. The minimum absolute atomic E-state index is 0.000748. The quantitative estimate of drug-likeness (QED) is 0.860. The van der Waals surface area contributed by atoms with Crippen LogP contribution in [0.5, 0.6) is 0 Å². The molecule has 2 N–H and O–H groups in total. The Morgan fingerprint density at radius 1 is 1.38 bits per heavy atom. The van der Waals surface area contributed by atoms with Crippen molar-refractivity contribution in [2.24, 2.45) is 5.41 Å². The van der Waals surface area contributed by atoms with Crippen molar-refractivity contribution in [1.29, 1.82) is 0 Å². The highest BCUT2D eigenvalue weighted by molar-refractivity contribution is 5.94. The van der Waals surface area contributed by atoms with Crippen LogP contribution < -0.4 is 5.32 Å². The standard InChI is InChI=1S/C14H17N5O2/c1-14(2)11(7-12(14)20)16-13(21)9-3-5-10(6-4-9)19-8-15-17-18-19/h3-6,8,11-12,20H,7H2,1-2H3,(H,16,21). The van der Waals surface area contributed by atoms with Gasteiger partial charge in [-0.3, -0.25) is 4.79 Å². The first-order chi connectivity index (χ1) is 9.98. The second-order valence-electron chi connectivity index (χ2n) is 5.90. The van der Waals surface area contributed by atoms with Crippen LogP contribution in [0.2, 0.25) is 0 Å². The summed E-state index contributed by atoms with van der Waals surface area (Å²) < 4.78 is 1.52. The Hall–Kier alpha value is -2.28. The number of aliphatic hydroxyl groups excluding tert-OH is 1. The summed E-state index contributed by atoms with van der Waals surface area (Å²) in [7, 11) is 0. The smallest absolute Gasteiger partial charge is 0.251 e. The Balaban J connectivity index is 1.69. The third-order valence-electron chi connectivity index (χ3n) is 4.26. The molecule has 0 saturated heterocycles. The van der Waals surface area contributed by atoms with Gasteiger partial charge >= 0.3 is 0 Å². The van der Waals surface area contributed by atoms with Crippen LogP contribution in [0.25, 0.3) is 5.69 Å². The number of tetrazole rings is 1. The minimum Gasteiger partial charge on any atom is -0.392 e. The van der Waals surface area contributed by atoms with Gasteiger partial charge in [-0.1, -0.05) is 13.8 Å². The molecule has 110 valence electrons. The van der Waals surface area contributed by atoms with Crippen molar-refractivity contribution in [3.63, 3.8) is 0 Å². The Labute approximate surface area is 122 Å². The van der Waals surface area contributed by atoms with Crippen LogP contribution in [-0.2, 0) is 0 Å². The summed E-state index contributed by atoms with van der Waals surface area (Å²) in [5.41, 5.74) is 1.09. The summed E-state index contributed by atoms with van der Waals surface area (Å²) in [6, 6.07) is 7.03. The molecule has 1 fully saturated rings. The molecule has 0 aliphatic heterocycles. The molecule has 2 unspecified atom stereocenters. The second-order valence-corrected chi connectivity index (χ2v) is 5.90. The Morgan fingerprint density at radius 3 is 2.62 bits per heavy atom. The molecule has 2 aromatic rings. The van der Waals surface area contributed by atoms with Crippen LogP contribution in [0.15, 0.2) is 30.6 Å². The number of rotatable bonds is 3. The molecule has 1 aliphatic rings. The normalized spacial score (nSPS) is 23.4.